The van der Waals surface area contributed by atoms with E-state index in [9.17, 15) is 0 Å². The zero-order valence-corrected chi connectivity index (χ0v) is 21.5. The Bertz CT molecular complexity index is 1560. The van der Waals surface area contributed by atoms with Crippen molar-refractivity contribution in [2.45, 2.75) is 26.0 Å². The Balaban J connectivity index is 1.27. The number of nitrogens with one attached hydrogen (secondary N) is 2. The number of benzene rings is 2. The summed E-state index contributed by atoms with van der Waals surface area (Å²) >= 11 is 0. The number of pyridine rings is 1. The maximum absolute atomic E-state index is 6.05. The summed E-state index contributed by atoms with van der Waals surface area (Å²) in [4.78, 5) is 17.2. The summed E-state index contributed by atoms with van der Waals surface area (Å²) < 4.78 is 12.0. The lowest BCUT2D eigenvalue weighted by Gasteiger charge is -2.40. The molecule has 1 fully saturated rings. The molecule has 0 amide bonds. The highest BCUT2D eigenvalue weighted by Gasteiger charge is 2.27. The molecule has 4 heterocycles. The van der Waals surface area contributed by atoms with E-state index in [2.05, 4.69) is 69.2 Å². The molecular weight excluding hydrogens is 466 g/mol. The Morgan fingerprint density at radius 1 is 1.11 bits per heavy atom. The van der Waals surface area contributed by atoms with Crippen LogP contribution in [0.3, 0.4) is 0 Å². The molecule has 2 unspecified atom stereocenters. The molecule has 5 aromatic rings. The normalized spacial score (nSPS) is 18.2. The van der Waals surface area contributed by atoms with Crippen molar-refractivity contribution in [1.82, 2.24) is 30.0 Å². The molecule has 6 rings (SSSR count). The molecule has 0 bridgehead atoms. The lowest BCUT2D eigenvalue weighted by Crippen LogP contribution is -2.51. The van der Waals surface area contributed by atoms with Crippen molar-refractivity contribution in [2.24, 2.45) is 0 Å². The molecule has 0 radical (unpaired) electrons. The fourth-order valence-corrected chi connectivity index (χ4v) is 4.91. The number of morpholine rings is 1. The molecule has 0 spiro atoms. The summed E-state index contributed by atoms with van der Waals surface area (Å²) in [6, 6.07) is 16.4. The zero-order valence-electron chi connectivity index (χ0n) is 21.5. The number of nitrogens with zero attached hydrogens (tertiary/aromatic N) is 5. The lowest BCUT2D eigenvalue weighted by molar-refractivity contribution is 0.00880. The SMILES string of the molecule is Cc1ccnc(Oc2ccc3c(-c4nc5ccc(N6CC(CN(C)C)OCC6C)cc5[nH]4)n[nH]c3c2)c1. The van der Waals surface area contributed by atoms with Crippen molar-refractivity contribution in [1.29, 1.82) is 0 Å². The van der Waals surface area contributed by atoms with Gasteiger partial charge in [-0.3, -0.25) is 5.10 Å². The van der Waals surface area contributed by atoms with E-state index in [1.807, 2.05) is 37.3 Å². The predicted octanol–water partition coefficient (Wildman–Crippen LogP) is 4.76. The van der Waals surface area contributed by atoms with E-state index in [1.165, 1.54) is 5.69 Å². The molecule has 2 atom stereocenters. The number of aryl methyl sites for hydroxylation is 1. The number of hydrogen-bond acceptors (Lipinski definition) is 7. The fraction of sp³-hybridized carbons (Fsp3) is 0.321. The minimum atomic E-state index is 0.185. The van der Waals surface area contributed by atoms with Crippen LogP contribution in [0.1, 0.15) is 12.5 Å². The molecule has 1 aliphatic heterocycles. The number of likely N-dealkylation sites (N-methyl/N-ethyl adjacent to an activating group) is 1. The number of anilines is 1. The largest absolute Gasteiger partial charge is 0.439 e. The van der Waals surface area contributed by atoms with Crippen LogP contribution < -0.4 is 9.64 Å². The van der Waals surface area contributed by atoms with Crippen LogP contribution in [-0.2, 0) is 4.74 Å². The molecule has 1 aliphatic rings. The summed E-state index contributed by atoms with van der Waals surface area (Å²) in [5.41, 5.74) is 5.80. The molecule has 2 aromatic carbocycles. The van der Waals surface area contributed by atoms with Gasteiger partial charge >= 0.3 is 0 Å². The van der Waals surface area contributed by atoms with Gasteiger partial charge in [0.05, 0.1) is 29.3 Å². The van der Waals surface area contributed by atoms with Crippen molar-refractivity contribution in [3.05, 3.63) is 60.3 Å². The number of fused-ring (bicyclic) bond motifs is 2. The second kappa shape index (κ2) is 9.49. The summed E-state index contributed by atoms with van der Waals surface area (Å²) in [6.07, 6.45) is 1.93. The first-order valence-corrected chi connectivity index (χ1v) is 12.5. The maximum Gasteiger partial charge on any atom is 0.219 e. The third-order valence-corrected chi connectivity index (χ3v) is 6.74. The second-order valence-corrected chi connectivity index (χ2v) is 10.1. The van der Waals surface area contributed by atoms with Crippen molar-refractivity contribution in [2.75, 3.05) is 38.7 Å². The summed E-state index contributed by atoms with van der Waals surface area (Å²) in [6.45, 7) is 6.70. The quantitative estimate of drug-likeness (QED) is 0.349. The van der Waals surface area contributed by atoms with Gasteiger partial charge in [0, 0.05) is 48.5 Å². The molecule has 37 heavy (non-hydrogen) atoms. The minimum Gasteiger partial charge on any atom is -0.439 e. The van der Waals surface area contributed by atoms with E-state index in [0.717, 1.165) is 58.7 Å². The van der Waals surface area contributed by atoms with Crippen molar-refractivity contribution in [3.63, 3.8) is 0 Å². The van der Waals surface area contributed by atoms with Crippen molar-refractivity contribution >= 4 is 27.6 Å². The summed E-state index contributed by atoms with van der Waals surface area (Å²) in [7, 11) is 4.16. The highest BCUT2D eigenvalue weighted by atomic mass is 16.5. The number of imidazole rings is 1. The average molecular weight is 498 g/mol. The van der Waals surface area contributed by atoms with Crippen LogP contribution in [0.15, 0.2) is 54.7 Å². The van der Waals surface area contributed by atoms with E-state index >= 15 is 0 Å². The first-order chi connectivity index (χ1) is 17.9. The van der Waals surface area contributed by atoms with Gasteiger partial charge in [-0.15, -0.1) is 0 Å². The summed E-state index contributed by atoms with van der Waals surface area (Å²) in [5, 5.41) is 8.65. The van der Waals surface area contributed by atoms with Crippen LogP contribution in [0.25, 0.3) is 33.5 Å². The van der Waals surface area contributed by atoms with E-state index in [4.69, 9.17) is 14.5 Å². The Morgan fingerprint density at radius 3 is 2.84 bits per heavy atom. The van der Waals surface area contributed by atoms with Gasteiger partial charge in [-0.05, 0) is 69.9 Å². The first-order valence-electron chi connectivity index (χ1n) is 12.5. The van der Waals surface area contributed by atoms with Crippen LogP contribution in [0, 0.1) is 6.92 Å². The number of aromatic amines is 2. The molecule has 9 heteroatoms. The van der Waals surface area contributed by atoms with Crippen molar-refractivity contribution < 1.29 is 9.47 Å². The topological polar surface area (TPSA) is 95.2 Å². The molecule has 0 saturated carbocycles. The van der Waals surface area contributed by atoms with Gasteiger partial charge in [0.15, 0.2) is 5.82 Å². The zero-order chi connectivity index (χ0) is 25.5. The molecule has 0 aliphatic carbocycles. The Kier molecular flexibility index (Phi) is 6.02. The Labute approximate surface area is 215 Å². The van der Waals surface area contributed by atoms with E-state index in [0.29, 0.717) is 17.7 Å². The number of aromatic nitrogens is 5. The van der Waals surface area contributed by atoms with Gasteiger partial charge in [0.1, 0.15) is 11.4 Å². The van der Waals surface area contributed by atoms with E-state index < -0.39 is 0 Å². The number of rotatable bonds is 6. The molecule has 190 valence electrons. The molecular formula is C28H31N7O2. The van der Waals surface area contributed by atoms with Crippen LogP contribution in [-0.4, -0.2) is 76.0 Å². The maximum atomic E-state index is 6.05. The van der Waals surface area contributed by atoms with Gasteiger partial charge in [-0.25, -0.2) is 9.97 Å². The van der Waals surface area contributed by atoms with Gasteiger partial charge < -0.3 is 24.3 Å². The summed E-state index contributed by atoms with van der Waals surface area (Å²) in [5.74, 6) is 1.99. The van der Waals surface area contributed by atoms with Gasteiger partial charge in [0.2, 0.25) is 5.88 Å². The third-order valence-electron chi connectivity index (χ3n) is 6.74. The molecule has 9 nitrogen and oxygen atoms in total. The number of hydrogen-bond donors (Lipinski definition) is 2. The standard InChI is InChI=1S/C28H31N7O2/c1-17-9-10-29-26(11-17)37-20-6-7-22-24(13-20)32-33-27(22)28-30-23-8-5-19(12-25(23)31-28)35-15-21(14-34(3)4)36-16-18(35)2/h5-13,18,21H,14-16H2,1-4H3,(H,30,31)(H,32,33). The minimum absolute atomic E-state index is 0.185. The van der Waals surface area contributed by atoms with Gasteiger partial charge in [-0.1, -0.05) is 0 Å². The van der Waals surface area contributed by atoms with Crippen LogP contribution in [0.5, 0.6) is 11.6 Å². The molecule has 3 aromatic heterocycles. The van der Waals surface area contributed by atoms with Crippen LogP contribution in [0.4, 0.5) is 5.69 Å². The Morgan fingerprint density at radius 2 is 2.00 bits per heavy atom. The van der Waals surface area contributed by atoms with Crippen molar-refractivity contribution in [3.8, 4) is 23.1 Å². The number of ether oxygens (including phenoxy) is 2. The highest BCUT2D eigenvalue weighted by Crippen LogP contribution is 2.32. The molecule has 1 saturated heterocycles. The monoisotopic (exact) mass is 497 g/mol. The van der Waals surface area contributed by atoms with Gasteiger partial charge in [-0.2, -0.15) is 5.10 Å². The first kappa shape index (κ1) is 23.4. The third kappa shape index (κ3) is 4.75. The fourth-order valence-electron chi connectivity index (χ4n) is 4.91. The van der Waals surface area contributed by atoms with E-state index in [1.54, 1.807) is 6.20 Å². The van der Waals surface area contributed by atoms with Crippen LogP contribution in [0.2, 0.25) is 0 Å². The predicted molar refractivity (Wildman–Crippen MR) is 145 cm³/mol. The van der Waals surface area contributed by atoms with Gasteiger partial charge in [0.25, 0.3) is 0 Å². The smallest absolute Gasteiger partial charge is 0.219 e. The lowest BCUT2D eigenvalue weighted by atomic mass is 10.1. The average Bonchev–Trinajstić information content (AvgIpc) is 3.48. The van der Waals surface area contributed by atoms with E-state index in [-0.39, 0.29) is 6.10 Å². The Hall–Kier alpha value is -3.95. The number of H-pyrrole nitrogens is 2. The van der Waals surface area contributed by atoms with Crippen LogP contribution >= 0.6 is 0 Å². The second-order valence-electron chi connectivity index (χ2n) is 10.1. The molecule has 2 N–H and O–H groups in total. The highest BCUT2D eigenvalue weighted by molar-refractivity contribution is 5.94.